The molecular formula is C34H32N2O7S. The van der Waals surface area contributed by atoms with E-state index in [9.17, 15) is 14.4 Å². The number of Topliss-reactive ketones (excluding diaryl/α,β-unsaturated/α-hetero) is 1. The zero-order chi connectivity index (χ0) is 31.5. The first-order chi connectivity index (χ1) is 21.3. The summed E-state index contributed by atoms with van der Waals surface area (Å²) in [5, 5.41) is 5.55. The lowest BCUT2D eigenvalue weighted by Crippen LogP contribution is -2.30. The number of ketones is 1. The van der Waals surface area contributed by atoms with E-state index in [0.29, 0.717) is 45.4 Å². The Morgan fingerprint density at radius 2 is 1.36 bits per heavy atom. The number of nitrogens with one attached hydrogen (secondary N) is 2. The quantitative estimate of drug-likeness (QED) is 0.106. The average Bonchev–Trinajstić information content (AvgIpc) is 3.07. The molecule has 4 aromatic rings. The molecule has 0 fully saturated rings. The maximum absolute atomic E-state index is 13.5. The van der Waals surface area contributed by atoms with E-state index in [4.69, 9.17) is 18.9 Å². The molecule has 0 aliphatic rings. The van der Waals surface area contributed by atoms with Gasteiger partial charge in [-0.1, -0.05) is 18.2 Å². The van der Waals surface area contributed by atoms with Crippen molar-refractivity contribution in [2.75, 3.05) is 39.5 Å². The van der Waals surface area contributed by atoms with E-state index in [-0.39, 0.29) is 17.2 Å². The summed E-state index contributed by atoms with van der Waals surface area (Å²) in [4.78, 5) is 39.9. The average molecular weight is 613 g/mol. The Morgan fingerprint density at radius 3 is 1.93 bits per heavy atom. The van der Waals surface area contributed by atoms with E-state index in [1.165, 1.54) is 39.2 Å². The molecule has 10 heteroatoms. The summed E-state index contributed by atoms with van der Waals surface area (Å²) in [7, 11) is 6.06. The smallest absolute Gasteiger partial charge is 0.272 e. The maximum atomic E-state index is 13.5. The van der Waals surface area contributed by atoms with Crippen molar-refractivity contribution in [3.8, 4) is 23.0 Å². The minimum atomic E-state index is -0.543. The van der Waals surface area contributed by atoms with Crippen LogP contribution in [0.5, 0.6) is 23.0 Å². The lowest BCUT2D eigenvalue weighted by Gasteiger charge is -2.15. The fraction of sp³-hybridized carbons (Fsp3) is 0.147. The normalized spacial score (nSPS) is 10.9. The summed E-state index contributed by atoms with van der Waals surface area (Å²) < 4.78 is 21.4. The molecular weight excluding hydrogens is 580 g/mol. The van der Waals surface area contributed by atoms with E-state index in [2.05, 4.69) is 10.6 Å². The third-order valence-corrected chi connectivity index (χ3v) is 7.43. The summed E-state index contributed by atoms with van der Waals surface area (Å²) in [6, 6.07) is 26.0. The van der Waals surface area contributed by atoms with Crippen LogP contribution in [0, 0.1) is 0 Å². The standard InChI is InChI=1S/C34H32N2O7S/c1-40-26-14-10-23(11-15-26)29(37)21-44-27-16-12-25(13-17-27)35-34(39)28(36-33(38)24-8-6-5-7-9-24)18-22-19-30(41-2)32(43-4)31(20-22)42-3/h5-20H,21H2,1-4H3,(H,35,39)(H,36,38)/b28-18-. The van der Waals surface area contributed by atoms with E-state index >= 15 is 0 Å². The monoisotopic (exact) mass is 612 g/mol. The maximum Gasteiger partial charge on any atom is 0.272 e. The number of carbonyl (C=O) groups is 3. The number of anilines is 1. The number of hydrogen-bond donors (Lipinski definition) is 2. The van der Waals surface area contributed by atoms with Gasteiger partial charge in [-0.3, -0.25) is 14.4 Å². The minimum Gasteiger partial charge on any atom is -0.497 e. The van der Waals surface area contributed by atoms with E-state index < -0.39 is 11.8 Å². The van der Waals surface area contributed by atoms with Gasteiger partial charge in [0.25, 0.3) is 11.8 Å². The van der Waals surface area contributed by atoms with Crippen LogP contribution in [0.15, 0.2) is 102 Å². The second-order valence-corrected chi connectivity index (χ2v) is 10.3. The molecule has 0 saturated carbocycles. The molecule has 0 radical (unpaired) electrons. The van der Waals surface area contributed by atoms with Gasteiger partial charge >= 0.3 is 0 Å². The Kier molecular flexibility index (Phi) is 11.0. The van der Waals surface area contributed by atoms with Crippen LogP contribution in [0.3, 0.4) is 0 Å². The molecule has 4 rings (SSSR count). The molecule has 0 atom stereocenters. The molecule has 0 saturated heterocycles. The molecule has 9 nitrogen and oxygen atoms in total. The highest BCUT2D eigenvalue weighted by Gasteiger charge is 2.18. The van der Waals surface area contributed by atoms with Gasteiger partial charge in [-0.2, -0.15) is 0 Å². The van der Waals surface area contributed by atoms with Gasteiger partial charge in [0, 0.05) is 21.7 Å². The Labute approximate surface area is 260 Å². The Morgan fingerprint density at radius 1 is 0.727 bits per heavy atom. The van der Waals surface area contributed by atoms with Gasteiger partial charge in [-0.25, -0.2) is 0 Å². The van der Waals surface area contributed by atoms with Crippen LogP contribution < -0.4 is 29.6 Å². The van der Waals surface area contributed by atoms with Gasteiger partial charge in [0.05, 0.1) is 34.2 Å². The molecule has 4 aromatic carbocycles. The number of carbonyl (C=O) groups excluding carboxylic acids is 3. The third kappa shape index (κ3) is 8.20. The summed E-state index contributed by atoms with van der Waals surface area (Å²) in [6.45, 7) is 0. The lowest BCUT2D eigenvalue weighted by atomic mass is 10.1. The number of hydrogen-bond acceptors (Lipinski definition) is 8. The lowest BCUT2D eigenvalue weighted by molar-refractivity contribution is -0.113. The van der Waals surface area contributed by atoms with Crippen LogP contribution in [0.1, 0.15) is 26.3 Å². The highest BCUT2D eigenvalue weighted by molar-refractivity contribution is 8.00. The number of ether oxygens (including phenoxy) is 4. The number of benzene rings is 4. The van der Waals surface area contributed by atoms with Crippen molar-refractivity contribution in [3.63, 3.8) is 0 Å². The molecule has 0 bridgehead atoms. The number of thioether (sulfide) groups is 1. The van der Waals surface area contributed by atoms with Crippen LogP contribution in [0.25, 0.3) is 6.08 Å². The Hall–Kier alpha value is -5.22. The fourth-order valence-corrected chi connectivity index (χ4v) is 4.93. The van der Waals surface area contributed by atoms with Crippen LogP contribution >= 0.6 is 11.8 Å². The molecule has 0 heterocycles. The van der Waals surface area contributed by atoms with Gasteiger partial charge in [0.1, 0.15) is 11.4 Å². The molecule has 0 aliphatic carbocycles. The number of methoxy groups -OCH3 is 4. The molecule has 2 N–H and O–H groups in total. The van der Waals surface area contributed by atoms with Crippen molar-refractivity contribution in [1.29, 1.82) is 0 Å². The predicted octanol–water partition coefficient (Wildman–Crippen LogP) is 6.11. The van der Waals surface area contributed by atoms with Crippen LogP contribution in [-0.2, 0) is 4.79 Å². The summed E-state index contributed by atoms with van der Waals surface area (Å²) in [5.74, 6) is 1.13. The van der Waals surface area contributed by atoms with Crippen LogP contribution in [-0.4, -0.2) is 51.8 Å². The molecule has 0 unspecified atom stereocenters. The van der Waals surface area contributed by atoms with Crippen molar-refractivity contribution in [2.45, 2.75) is 4.90 Å². The first-order valence-electron chi connectivity index (χ1n) is 13.4. The van der Waals surface area contributed by atoms with E-state index in [1.54, 1.807) is 86.0 Å². The van der Waals surface area contributed by atoms with Gasteiger partial charge in [0.2, 0.25) is 5.75 Å². The molecule has 2 amide bonds. The largest absolute Gasteiger partial charge is 0.497 e. The van der Waals surface area contributed by atoms with Gasteiger partial charge in [-0.05, 0) is 84.4 Å². The van der Waals surface area contributed by atoms with E-state index in [1.807, 2.05) is 12.1 Å². The molecule has 0 spiro atoms. The highest BCUT2D eigenvalue weighted by Crippen LogP contribution is 2.38. The summed E-state index contributed by atoms with van der Waals surface area (Å²) in [6.07, 6.45) is 1.52. The highest BCUT2D eigenvalue weighted by atomic mass is 32.2. The second-order valence-electron chi connectivity index (χ2n) is 9.26. The SMILES string of the molecule is COc1ccc(C(=O)CSc2ccc(NC(=O)/C(=C/c3cc(OC)c(OC)c(OC)c3)NC(=O)c3ccccc3)cc2)cc1. The van der Waals surface area contributed by atoms with Gasteiger partial charge < -0.3 is 29.6 Å². The second kappa shape index (κ2) is 15.3. The predicted molar refractivity (Wildman–Crippen MR) is 171 cm³/mol. The molecule has 0 aromatic heterocycles. The van der Waals surface area contributed by atoms with Crippen LogP contribution in [0.4, 0.5) is 5.69 Å². The van der Waals surface area contributed by atoms with Gasteiger partial charge in [-0.15, -0.1) is 11.8 Å². The summed E-state index contributed by atoms with van der Waals surface area (Å²) in [5.41, 5.74) is 2.03. The number of amides is 2. The van der Waals surface area contributed by atoms with Crippen molar-refractivity contribution in [1.82, 2.24) is 5.32 Å². The van der Waals surface area contributed by atoms with Crippen molar-refractivity contribution in [2.24, 2.45) is 0 Å². The number of rotatable bonds is 13. The topological polar surface area (TPSA) is 112 Å². The first-order valence-corrected chi connectivity index (χ1v) is 14.4. The Bertz CT molecular complexity index is 1610. The fourth-order valence-electron chi connectivity index (χ4n) is 4.14. The summed E-state index contributed by atoms with van der Waals surface area (Å²) >= 11 is 1.39. The minimum absolute atomic E-state index is 0.00309. The van der Waals surface area contributed by atoms with Gasteiger partial charge in [0.15, 0.2) is 17.3 Å². The van der Waals surface area contributed by atoms with Crippen molar-refractivity contribution >= 4 is 41.1 Å². The van der Waals surface area contributed by atoms with Crippen molar-refractivity contribution in [3.05, 3.63) is 113 Å². The zero-order valence-corrected chi connectivity index (χ0v) is 25.5. The van der Waals surface area contributed by atoms with Crippen molar-refractivity contribution < 1.29 is 33.3 Å². The van der Waals surface area contributed by atoms with E-state index in [0.717, 1.165) is 4.90 Å². The third-order valence-electron chi connectivity index (χ3n) is 6.42. The first kappa shape index (κ1) is 31.7. The molecule has 0 aliphatic heterocycles. The molecule has 226 valence electrons. The Balaban J connectivity index is 1.51. The van der Waals surface area contributed by atoms with Crippen LogP contribution in [0.2, 0.25) is 0 Å². The molecule has 44 heavy (non-hydrogen) atoms. The zero-order valence-electron chi connectivity index (χ0n) is 24.7.